The standard InChI is InChI=1S/C12H14ClN3O4/c1-15(7-2-3-20-6-7)12(17)9-4-8(16(18)19)5-10(13)11(9)14/h4-5,7H,2-3,6,14H2,1H3. The second kappa shape index (κ2) is 5.64. The number of likely N-dealkylation sites (N-methyl/N-ethyl adjacent to an activating group) is 1. The number of nitrogen functional groups attached to an aromatic ring is 1. The van der Waals surface area contributed by atoms with Crippen LogP contribution in [0.25, 0.3) is 0 Å². The zero-order chi connectivity index (χ0) is 14.9. The van der Waals surface area contributed by atoms with Gasteiger partial charge in [-0.2, -0.15) is 0 Å². The Balaban J connectivity index is 2.35. The molecule has 20 heavy (non-hydrogen) atoms. The van der Waals surface area contributed by atoms with E-state index >= 15 is 0 Å². The molecule has 1 aliphatic rings. The fraction of sp³-hybridized carbons (Fsp3) is 0.417. The summed E-state index contributed by atoms with van der Waals surface area (Å²) in [6, 6.07) is 2.22. The molecule has 1 atom stereocenters. The van der Waals surface area contributed by atoms with Gasteiger partial charge in [0.15, 0.2) is 0 Å². The number of nitrogens with two attached hydrogens (primary N) is 1. The van der Waals surface area contributed by atoms with Crippen molar-refractivity contribution >= 4 is 28.9 Å². The van der Waals surface area contributed by atoms with Gasteiger partial charge in [-0.1, -0.05) is 11.6 Å². The van der Waals surface area contributed by atoms with Crippen molar-refractivity contribution in [2.24, 2.45) is 0 Å². The van der Waals surface area contributed by atoms with Crippen molar-refractivity contribution in [1.29, 1.82) is 0 Å². The zero-order valence-electron chi connectivity index (χ0n) is 10.8. The Morgan fingerprint density at radius 2 is 2.30 bits per heavy atom. The lowest BCUT2D eigenvalue weighted by atomic mass is 10.1. The topological polar surface area (TPSA) is 98.7 Å². The minimum absolute atomic E-state index is 0.00128. The number of carbonyl (C=O) groups excluding carboxylic acids is 1. The highest BCUT2D eigenvalue weighted by molar-refractivity contribution is 6.34. The molecule has 0 bridgehead atoms. The van der Waals surface area contributed by atoms with Crippen LogP contribution in [0, 0.1) is 10.1 Å². The number of hydrogen-bond donors (Lipinski definition) is 1. The lowest BCUT2D eigenvalue weighted by Crippen LogP contribution is -2.37. The van der Waals surface area contributed by atoms with E-state index in [-0.39, 0.29) is 28.0 Å². The Bertz CT molecular complexity index is 558. The molecule has 0 radical (unpaired) electrons. The summed E-state index contributed by atoms with van der Waals surface area (Å²) in [7, 11) is 1.62. The fourth-order valence-corrected chi connectivity index (χ4v) is 2.28. The van der Waals surface area contributed by atoms with Crippen LogP contribution in [0.4, 0.5) is 11.4 Å². The Labute approximate surface area is 120 Å². The van der Waals surface area contributed by atoms with Gasteiger partial charge in [0.1, 0.15) is 0 Å². The lowest BCUT2D eigenvalue weighted by molar-refractivity contribution is -0.384. The fourth-order valence-electron chi connectivity index (χ4n) is 2.07. The first-order valence-corrected chi connectivity index (χ1v) is 6.38. The van der Waals surface area contributed by atoms with Crippen LogP contribution in [0.1, 0.15) is 16.8 Å². The number of benzene rings is 1. The van der Waals surface area contributed by atoms with Crippen LogP contribution in [0.2, 0.25) is 5.02 Å². The summed E-state index contributed by atoms with van der Waals surface area (Å²) in [6.45, 7) is 1.04. The number of ether oxygens (including phenoxy) is 1. The van der Waals surface area contributed by atoms with Crippen LogP contribution in [0.3, 0.4) is 0 Å². The minimum Gasteiger partial charge on any atom is -0.397 e. The van der Waals surface area contributed by atoms with E-state index in [0.717, 1.165) is 18.6 Å². The third-order valence-corrected chi connectivity index (χ3v) is 3.64. The number of amides is 1. The first-order valence-electron chi connectivity index (χ1n) is 6.00. The van der Waals surface area contributed by atoms with Crippen molar-refractivity contribution in [1.82, 2.24) is 4.90 Å². The van der Waals surface area contributed by atoms with Gasteiger partial charge in [0.25, 0.3) is 11.6 Å². The van der Waals surface area contributed by atoms with E-state index < -0.39 is 10.8 Å². The summed E-state index contributed by atoms with van der Waals surface area (Å²) in [5.74, 6) is -0.399. The summed E-state index contributed by atoms with van der Waals surface area (Å²) >= 11 is 5.85. The van der Waals surface area contributed by atoms with Gasteiger partial charge in [-0.3, -0.25) is 14.9 Å². The Kier molecular flexibility index (Phi) is 4.10. The van der Waals surface area contributed by atoms with Crippen molar-refractivity contribution < 1.29 is 14.5 Å². The minimum atomic E-state index is -0.610. The van der Waals surface area contributed by atoms with Gasteiger partial charge in [-0.15, -0.1) is 0 Å². The Morgan fingerprint density at radius 1 is 1.60 bits per heavy atom. The van der Waals surface area contributed by atoms with E-state index in [9.17, 15) is 14.9 Å². The molecule has 7 nitrogen and oxygen atoms in total. The predicted octanol–water partition coefficient (Wildman–Crippen LogP) is 1.69. The van der Waals surface area contributed by atoms with E-state index in [1.807, 2.05) is 0 Å². The molecule has 8 heteroatoms. The molecule has 0 aromatic heterocycles. The van der Waals surface area contributed by atoms with Crippen molar-refractivity contribution in [3.8, 4) is 0 Å². The monoisotopic (exact) mass is 299 g/mol. The van der Waals surface area contributed by atoms with E-state index in [2.05, 4.69) is 0 Å². The summed E-state index contributed by atoms with van der Waals surface area (Å²) < 4.78 is 5.22. The number of nitro groups is 1. The maximum absolute atomic E-state index is 12.4. The third-order valence-electron chi connectivity index (χ3n) is 3.33. The van der Waals surface area contributed by atoms with Gasteiger partial charge < -0.3 is 15.4 Å². The van der Waals surface area contributed by atoms with Crippen molar-refractivity contribution in [2.75, 3.05) is 26.0 Å². The maximum atomic E-state index is 12.4. The Morgan fingerprint density at radius 3 is 2.85 bits per heavy atom. The molecule has 0 spiro atoms. The molecule has 1 unspecified atom stereocenters. The molecule has 1 aliphatic heterocycles. The van der Waals surface area contributed by atoms with E-state index in [0.29, 0.717) is 13.2 Å². The maximum Gasteiger partial charge on any atom is 0.271 e. The molecular formula is C12H14ClN3O4. The molecule has 2 N–H and O–H groups in total. The SMILES string of the molecule is CN(C(=O)c1cc([N+](=O)[O-])cc(Cl)c1N)C1CCOC1. The van der Waals surface area contributed by atoms with Crippen LogP contribution in [-0.4, -0.2) is 42.0 Å². The van der Waals surface area contributed by atoms with Gasteiger partial charge in [-0.05, 0) is 6.42 Å². The number of non-ortho nitro benzene ring substituents is 1. The van der Waals surface area contributed by atoms with Crippen LogP contribution in [-0.2, 0) is 4.74 Å². The molecule has 0 aliphatic carbocycles. The predicted molar refractivity (Wildman–Crippen MR) is 73.8 cm³/mol. The summed E-state index contributed by atoms with van der Waals surface area (Å²) in [5, 5.41) is 10.8. The molecule has 108 valence electrons. The molecule has 1 aromatic rings. The molecule has 1 heterocycles. The van der Waals surface area contributed by atoms with Gasteiger partial charge in [-0.25, -0.2) is 0 Å². The lowest BCUT2D eigenvalue weighted by Gasteiger charge is -2.23. The van der Waals surface area contributed by atoms with Crippen molar-refractivity contribution in [3.63, 3.8) is 0 Å². The van der Waals surface area contributed by atoms with Crippen LogP contribution in [0.5, 0.6) is 0 Å². The average molecular weight is 300 g/mol. The molecule has 1 saturated heterocycles. The quantitative estimate of drug-likeness (QED) is 0.520. The summed E-state index contributed by atoms with van der Waals surface area (Å²) in [4.78, 5) is 24.1. The first kappa shape index (κ1) is 14.5. The normalized spacial score (nSPS) is 18.0. The molecular weight excluding hydrogens is 286 g/mol. The van der Waals surface area contributed by atoms with E-state index in [1.54, 1.807) is 7.05 Å². The van der Waals surface area contributed by atoms with Crippen LogP contribution in [0.15, 0.2) is 12.1 Å². The Hall–Kier alpha value is -1.86. The molecule has 1 aromatic carbocycles. The highest BCUT2D eigenvalue weighted by atomic mass is 35.5. The highest BCUT2D eigenvalue weighted by Crippen LogP contribution is 2.30. The van der Waals surface area contributed by atoms with Gasteiger partial charge >= 0.3 is 0 Å². The van der Waals surface area contributed by atoms with Crippen molar-refractivity contribution in [2.45, 2.75) is 12.5 Å². The highest BCUT2D eigenvalue weighted by Gasteiger charge is 2.28. The molecule has 1 fully saturated rings. The number of hydrogen-bond acceptors (Lipinski definition) is 5. The summed E-state index contributed by atoms with van der Waals surface area (Å²) in [5.41, 5.74) is 5.58. The zero-order valence-corrected chi connectivity index (χ0v) is 11.6. The number of nitro benzene ring substituents is 1. The number of carbonyl (C=O) groups is 1. The average Bonchev–Trinajstić information content (AvgIpc) is 2.93. The van der Waals surface area contributed by atoms with E-state index in [1.165, 1.54) is 4.90 Å². The number of nitrogens with zero attached hydrogens (tertiary/aromatic N) is 2. The number of halogens is 1. The largest absolute Gasteiger partial charge is 0.397 e. The first-order chi connectivity index (χ1) is 9.41. The molecule has 2 rings (SSSR count). The van der Waals surface area contributed by atoms with Crippen LogP contribution < -0.4 is 5.73 Å². The third kappa shape index (κ3) is 2.68. The van der Waals surface area contributed by atoms with Crippen LogP contribution >= 0.6 is 11.6 Å². The second-order valence-electron chi connectivity index (χ2n) is 4.58. The number of rotatable bonds is 3. The summed E-state index contributed by atoms with van der Waals surface area (Å²) in [6.07, 6.45) is 0.727. The van der Waals surface area contributed by atoms with Gasteiger partial charge in [0.2, 0.25) is 0 Å². The smallest absolute Gasteiger partial charge is 0.271 e. The van der Waals surface area contributed by atoms with Gasteiger partial charge in [0.05, 0.1) is 33.8 Å². The van der Waals surface area contributed by atoms with E-state index in [4.69, 9.17) is 22.1 Å². The second-order valence-corrected chi connectivity index (χ2v) is 4.99. The molecule has 0 saturated carbocycles. The number of anilines is 1. The van der Waals surface area contributed by atoms with Crippen molar-refractivity contribution in [3.05, 3.63) is 32.8 Å². The molecule has 1 amide bonds. The van der Waals surface area contributed by atoms with Gasteiger partial charge in [0, 0.05) is 25.8 Å².